The van der Waals surface area contributed by atoms with Crippen molar-refractivity contribution in [3.05, 3.63) is 12.0 Å². The monoisotopic (exact) mass is 153 g/mol. The van der Waals surface area contributed by atoms with Gasteiger partial charge in [-0.1, -0.05) is 0 Å². The molecule has 2 rings (SSSR count). The van der Waals surface area contributed by atoms with Gasteiger partial charge in [0.2, 0.25) is 0 Å². The van der Waals surface area contributed by atoms with Gasteiger partial charge in [0.15, 0.2) is 0 Å². The first-order chi connectivity index (χ1) is 5.07. The van der Waals surface area contributed by atoms with Crippen molar-refractivity contribution in [2.45, 2.75) is 38.8 Å². The lowest BCUT2D eigenvalue weighted by molar-refractivity contribution is 0.102. The number of rotatable bonds is 0. The molecule has 2 heteroatoms. The Bertz CT molecular complexity index is 202. The van der Waals surface area contributed by atoms with Crippen LogP contribution in [0.15, 0.2) is 12.0 Å². The fraction of sp³-hybridized carbons (Fsp3) is 0.778. The van der Waals surface area contributed by atoms with Gasteiger partial charge in [-0.2, -0.15) is 0 Å². The van der Waals surface area contributed by atoms with Crippen molar-refractivity contribution in [2.75, 3.05) is 6.61 Å². The van der Waals surface area contributed by atoms with Gasteiger partial charge in [0, 0.05) is 18.2 Å². The third kappa shape index (κ3) is 1.01. The summed E-state index contributed by atoms with van der Waals surface area (Å²) in [5.74, 6) is 1.17. The molecule has 2 bridgehead atoms. The van der Waals surface area contributed by atoms with Crippen molar-refractivity contribution in [3.8, 4) is 0 Å². The van der Waals surface area contributed by atoms with E-state index in [1.54, 1.807) is 0 Å². The second-order valence-electron chi connectivity index (χ2n) is 4.34. The van der Waals surface area contributed by atoms with Crippen LogP contribution >= 0.6 is 0 Å². The standard InChI is InChI=1S/C9H15NO/c1-9(2,3)10-5-8-4-7(10)6-11-8/h5,7H,4,6H2,1-3H3/t7-/m0/s1. The Morgan fingerprint density at radius 2 is 2.27 bits per heavy atom. The summed E-state index contributed by atoms with van der Waals surface area (Å²) >= 11 is 0. The van der Waals surface area contributed by atoms with Gasteiger partial charge in [0.1, 0.15) is 12.4 Å². The van der Waals surface area contributed by atoms with Gasteiger partial charge in [-0.05, 0) is 20.8 Å². The first-order valence-corrected chi connectivity index (χ1v) is 4.19. The molecule has 0 aromatic rings. The highest BCUT2D eigenvalue weighted by molar-refractivity contribution is 5.13. The maximum absolute atomic E-state index is 5.40. The van der Waals surface area contributed by atoms with Crippen LogP contribution in [0, 0.1) is 0 Å². The lowest BCUT2D eigenvalue weighted by atomic mass is 10.1. The molecule has 0 aromatic carbocycles. The van der Waals surface area contributed by atoms with Crippen LogP contribution in [-0.2, 0) is 4.74 Å². The Balaban J connectivity index is 2.20. The highest BCUT2D eigenvalue weighted by Crippen LogP contribution is 2.34. The lowest BCUT2D eigenvalue weighted by Crippen LogP contribution is -2.43. The Kier molecular flexibility index (Phi) is 1.23. The first kappa shape index (κ1) is 7.01. The molecule has 2 heterocycles. The van der Waals surface area contributed by atoms with Gasteiger partial charge < -0.3 is 9.64 Å². The van der Waals surface area contributed by atoms with E-state index >= 15 is 0 Å². The number of hydrogen-bond donors (Lipinski definition) is 0. The highest BCUT2D eigenvalue weighted by Gasteiger charge is 2.37. The van der Waals surface area contributed by atoms with Crippen LogP contribution in [-0.4, -0.2) is 23.1 Å². The fourth-order valence-corrected chi connectivity index (χ4v) is 1.82. The molecule has 0 spiro atoms. The molecule has 2 aliphatic heterocycles. The number of ether oxygens (including phenoxy) is 1. The molecular formula is C9H15NO. The molecule has 1 saturated heterocycles. The van der Waals surface area contributed by atoms with Gasteiger partial charge in [0.05, 0.1) is 6.04 Å². The summed E-state index contributed by atoms with van der Waals surface area (Å²) in [6.45, 7) is 7.61. The van der Waals surface area contributed by atoms with Gasteiger partial charge >= 0.3 is 0 Å². The second-order valence-corrected chi connectivity index (χ2v) is 4.34. The number of fused-ring (bicyclic) bond motifs is 2. The minimum absolute atomic E-state index is 0.260. The van der Waals surface area contributed by atoms with Crippen LogP contribution in [0.2, 0.25) is 0 Å². The normalized spacial score (nSPS) is 28.8. The van der Waals surface area contributed by atoms with E-state index in [0.717, 1.165) is 13.0 Å². The molecule has 0 unspecified atom stereocenters. The van der Waals surface area contributed by atoms with E-state index in [4.69, 9.17) is 4.74 Å². The van der Waals surface area contributed by atoms with Gasteiger partial charge in [0.25, 0.3) is 0 Å². The van der Waals surface area contributed by atoms with Crippen molar-refractivity contribution in [2.24, 2.45) is 0 Å². The van der Waals surface area contributed by atoms with Crippen LogP contribution in [0.4, 0.5) is 0 Å². The minimum atomic E-state index is 0.260. The Morgan fingerprint density at radius 3 is 2.55 bits per heavy atom. The van der Waals surface area contributed by atoms with E-state index in [9.17, 15) is 0 Å². The van der Waals surface area contributed by atoms with Gasteiger partial charge in [-0.25, -0.2) is 0 Å². The SMILES string of the molecule is CC(C)(C)N1C=C2C[C@H]1CO2. The largest absolute Gasteiger partial charge is 0.494 e. The molecule has 11 heavy (non-hydrogen) atoms. The average molecular weight is 153 g/mol. The van der Waals surface area contributed by atoms with Crippen LogP contribution in [0.5, 0.6) is 0 Å². The molecule has 62 valence electrons. The molecule has 0 amide bonds. The predicted molar refractivity (Wildman–Crippen MR) is 44.0 cm³/mol. The van der Waals surface area contributed by atoms with E-state index in [1.807, 2.05) is 0 Å². The van der Waals surface area contributed by atoms with E-state index in [1.165, 1.54) is 5.76 Å². The second kappa shape index (κ2) is 1.93. The van der Waals surface area contributed by atoms with Crippen molar-refractivity contribution in [3.63, 3.8) is 0 Å². The van der Waals surface area contributed by atoms with Gasteiger partial charge in [-0.15, -0.1) is 0 Å². The van der Waals surface area contributed by atoms with Crippen LogP contribution in [0.25, 0.3) is 0 Å². The number of hydrogen-bond acceptors (Lipinski definition) is 2. The summed E-state index contributed by atoms with van der Waals surface area (Å²) in [5.41, 5.74) is 0.260. The van der Waals surface area contributed by atoms with E-state index in [2.05, 4.69) is 31.9 Å². The Hall–Kier alpha value is -0.660. The van der Waals surface area contributed by atoms with E-state index in [-0.39, 0.29) is 5.54 Å². The lowest BCUT2D eigenvalue weighted by Gasteiger charge is -2.37. The molecule has 0 aromatic heterocycles. The first-order valence-electron chi connectivity index (χ1n) is 4.19. The van der Waals surface area contributed by atoms with Crippen molar-refractivity contribution < 1.29 is 4.74 Å². The maximum atomic E-state index is 5.40. The highest BCUT2D eigenvalue weighted by atomic mass is 16.5. The summed E-state index contributed by atoms with van der Waals surface area (Å²) in [6, 6.07) is 0.616. The fourth-order valence-electron chi connectivity index (χ4n) is 1.82. The molecular weight excluding hydrogens is 138 g/mol. The minimum Gasteiger partial charge on any atom is -0.494 e. The maximum Gasteiger partial charge on any atom is 0.114 e. The predicted octanol–water partition coefficient (Wildman–Crippen LogP) is 1.73. The van der Waals surface area contributed by atoms with E-state index in [0.29, 0.717) is 6.04 Å². The zero-order valence-electron chi connectivity index (χ0n) is 7.42. The molecule has 1 atom stereocenters. The third-order valence-electron chi connectivity index (χ3n) is 2.35. The van der Waals surface area contributed by atoms with Gasteiger partial charge in [-0.3, -0.25) is 0 Å². The average Bonchev–Trinajstić information content (AvgIpc) is 2.42. The van der Waals surface area contributed by atoms with Crippen molar-refractivity contribution >= 4 is 0 Å². The van der Waals surface area contributed by atoms with E-state index < -0.39 is 0 Å². The molecule has 0 N–H and O–H groups in total. The third-order valence-corrected chi connectivity index (χ3v) is 2.35. The molecule has 0 aliphatic carbocycles. The smallest absolute Gasteiger partial charge is 0.114 e. The molecule has 2 nitrogen and oxygen atoms in total. The summed E-state index contributed by atoms with van der Waals surface area (Å²) in [6.07, 6.45) is 3.28. The quantitative estimate of drug-likeness (QED) is 0.525. The summed E-state index contributed by atoms with van der Waals surface area (Å²) in [4.78, 5) is 2.41. The summed E-state index contributed by atoms with van der Waals surface area (Å²) in [7, 11) is 0. The zero-order valence-corrected chi connectivity index (χ0v) is 7.42. The summed E-state index contributed by atoms with van der Waals surface area (Å²) < 4.78 is 5.40. The zero-order chi connectivity index (χ0) is 8.06. The molecule has 0 saturated carbocycles. The van der Waals surface area contributed by atoms with Crippen LogP contribution in [0.3, 0.4) is 0 Å². The van der Waals surface area contributed by atoms with Crippen molar-refractivity contribution in [1.82, 2.24) is 4.90 Å². The van der Waals surface area contributed by atoms with Crippen LogP contribution in [0.1, 0.15) is 27.2 Å². The topological polar surface area (TPSA) is 12.5 Å². The number of nitrogens with zero attached hydrogens (tertiary/aromatic N) is 1. The Labute approximate surface area is 67.8 Å². The molecule has 2 aliphatic rings. The summed E-state index contributed by atoms with van der Waals surface area (Å²) in [5, 5.41) is 0. The van der Waals surface area contributed by atoms with Crippen molar-refractivity contribution in [1.29, 1.82) is 0 Å². The molecule has 0 radical (unpaired) electrons. The van der Waals surface area contributed by atoms with Crippen LogP contribution < -0.4 is 0 Å². The Morgan fingerprint density at radius 1 is 1.55 bits per heavy atom. The molecule has 1 fully saturated rings.